The summed E-state index contributed by atoms with van der Waals surface area (Å²) in [6.07, 6.45) is -1.88. The number of halogens is 1. The number of carbonyl (C=O) groups is 1. The molecule has 0 aliphatic heterocycles. The number of hydrogen-bond acceptors (Lipinski definition) is 3. The Kier molecular flexibility index (Phi) is 3.90. The molecule has 0 aliphatic carbocycles. The van der Waals surface area contributed by atoms with Gasteiger partial charge in [0, 0.05) is 6.42 Å². The van der Waals surface area contributed by atoms with Crippen LogP contribution in [0.15, 0.2) is 0 Å². The van der Waals surface area contributed by atoms with Crippen molar-refractivity contribution in [3.63, 3.8) is 0 Å². The van der Waals surface area contributed by atoms with Crippen LogP contribution in [0.5, 0.6) is 0 Å². The van der Waals surface area contributed by atoms with Gasteiger partial charge >= 0.3 is 5.97 Å². The third-order valence-electron chi connectivity index (χ3n) is 1.02. The number of carboxylic acids is 1. The van der Waals surface area contributed by atoms with Gasteiger partial charge in [-0.05, 0) is 0 Å². The van der Waals surface area contributed by atoms with Crippen LogP contribution in [0.4, 0.5) is 4.39 Å². The standard InChI is InChI=1S/C5H10FNO3/c6-3(2-8)1-4(7)5(9)10/h3-4,8H,1-2,7H2,(H,9,10)/t3-,4-/m0/s1. The highest BCUT2D eigenvalue weighted by Crippen LogP contribution is 1.99. The first-order chi connectivity index (χ1) is 4.57. The third kappa shape index (κ3) is 3.37. The van der Waals surface area contributed by atoms with Crippen LogP contribution < -0.4 is 5.73 Å². The first-order valence-electron chi connectivity index (χ1n) is 2.81. The van der Waals surface area contributed by atoms with Crippen molar-refractivity contribution in [1.82, 2.24) is 0 Å². The van der Waals surface area contributed by atoms with Crippen LogP contribution >= 0.6 is 0 Å². The topological polar surface area (TPSA) is 83.5 Å². The first-order valence-corrected chi connectivity index (χ1v) is 2.81. The van der Waals surface area contributed by atoms with Gasteiger partial charge in [0.25, 0.3) is 0 Å². The molecule has 0 bridgehead atoms. The molecule has 2 atom stereocenters. The van der Waals surface area contributed by atoms with Crippen molar-refractivity contribution in [2.24, 2.45) is 5.73 Å². The Labute approximate surface area is 57.5 Å². The van der Waals surface area contributed by atoms with Crippen molar-refractivity contribution in [3.05, 3.63) is 0 Å². The molecular weight excluding hydrogens is 141 g/mol. The summed E-state index contributed by atoms with van der Waals surface area (Å²) >= 11 is 0. The molecule has 0 aromatic rings. The van der Waals surface area contributed by atoms with Gasteiger partial charge < -0.3 is 15.9 Å². The van der Waals surface area contributed by atoms with Crippen molar-refractivity contribution in [3.8, 4) is 0 Å². The number of carboxylic acid groups (broad SMARTS) is 1. The van der Waals surface area contributed by atoms with Crippen LogP contribution in [0.3, 0.4) is 0 Å². The highest BCUT2D eigenvalue weighted by atomic mass is 19.1. The van der Waals surface area contributed by atoms with Crippen LogP contribution in [0.2, 0.25) is 0 Å². The molecule has 0 saturated heterocycles. The van der Waals surface area contributed by atoms with E-state index in [1.807, 2.05) is 0 Å². The fourth-order valence-electron chi connectivity index (χ4n) is 0.451. The number of alkyl halides is 1. The van der Waals surface area contributed by atoms with Gasteiger partial charge in [-0.3, -0.25) is 4.79 Å². The molecule has 0 unspecified atom stereocenters. The zero-order valence-corrected chi connectivity index (χ0v) is 5.33. The summed E-state index contributed by atoms with van der Waals surface area (Å²) in [5.41, 5.74) is 4.94. The molecule has 0 heterocycles. The minimum absolute atomic E-state index is 0.341. The van der Waals surface area contributed by atoms with Gasteiger partial charge in [0.15, 0.2) is 0 Å². The van der Waals surface area contributed by atoms with Crippen LogP contribution in [-0.4, -0.2) is 35.0 Å². The average molecular weight is 151 g/mol. The lowest BCUT2D eigenvalue weighted by Gasteiger charge is -2.07. The maximum absolute atomic E-state index is 12.1. The summed E-state index contributed by atoms with van der Waals surface area (Å²) in [4.78, 5) is 9.98. The normalized spacial score (nSPS) is 16.3. The fraction of sp³-hybridized carbons (Fsp3) is 0.800. The summed E-state index contributed by atoms with van der Waals surface area (Å²) < 4.78 is 12.1. The van der Waals surface area contributed by atoms with E-state index >= 15 is 0 Å². The SMILES string of the molecule is N[C@@H](C[C@H](F)CO)C(=O)O. The molecule has 0 rings (SSSR count). The summed E-state index contributed by atoms with van der Waals surface area (Å²) in [5, 5.41) is 16.3. The number of aliphatic hydroxyl groups excluding tert-OH is 1. The maximum atomic E-state index is 12.1. The molecule has 0 aromatic carbocycles. The van der Waals surface area contributed by atoms with E-state index in [0.29, 0.717) is 0 Å². The van der Waals surface area contributed by atoms with Crippen LogP contribution in [0, 0.1) is 0 Å². The number of aliphatic hydroxyl groups is 1. The van der Waals surface area contributed by atoms with Gasteiger partial charge in [0.1, 0.15) is 12.2 Å². The molecule has 5 heteroatoms. The summed E-state index contributed by atoms with van der Waals surface area (Å²) in [5.74, 6) is -1.25. The molecule has 0 amide bonds. The van der Waals surface area contributed by atoms with Crippen molar-refractivity contribution in [2.45, 2.75) is 18.6 Å². The Morgan fingerprint density at radius 2 is 2.20 bits per heavy atom. The highest BCUT2D eigenvalue weighted by Gasteiger charge is 2.16. The molecule has 4 nitrogen and oxygen atoms in total. The second-order valence-electron chi connectivity index (χ2n) is 1.96. The quantitative estimate of drug-likeness (QED) is 0.487. The second-order valence-corrected chi connectivity index (χ2v) is 1.96. The second kappa shape index (κ2) is 4.19. The monoisotopic (exact) mass is 151 g/mol. The fourth-order valence-corrected chi connectivity index (χ4v) is 0.451. The predicted octanol–water partition coefficient (Wildman–Crippen LogP) is -0.881. The van der Waals surface area contributed by atoms with Gasteiger partial charge in [-0.25, -0.2) is 4.39 Å². The van der Waals surface area contributed by atoms with E-state index < -0.39 is 24.8 Å². The maximum Gasteiger partial charge on any atom is 0.320 e. The Hall–Kier alpha value is -0.680. The molecule has 0 fully saturated rings. The van der Waals surface area contributed by atoms with Gasteiger partial charge in [-0.1, -0.05) is 0 Å². The van der Waals surface area contributed by atoms with E-state index in [2.05, 4.69) is 0 Å². The Morgan fingerprint density at radius 3 is 2.50 bits per heavy atom. The lowest BCUT2D eigenvalue weighted by molar-refractivity contribution is -0.139. The van der Waals surface area contributed by atoms with Crippen molar-refractivity contribution in [1.29, 1.82) is 0 Å². The summed E-state index contributed by atoms with van der Waals surface area (Å²) in [7, 11) is 0. The Bertz CT molecular complexity index is 119. The van der Waals surface area contributed by atoms with E-state index in [0.717, 1.165) is 0 Å². The Morgan fingerprint density at radius 1 is 1.70 bits per heavy atom. The van der Waals surface area contributed by atoms with Crippen LogP contribution in [0.1, 0.15) is 6.42 Å². The molecule has 10 heavy (non-hydrogen) atoms. The van der Waals surface area contributed by atoms with Gasteiger partial charge in [0.2, 0.25) is 0 Å². The minimum atomic E-state index is -1.54. The predicted molar refractivity (Wildman–Crippen MR) is 32.2 cm³/mol. The largest absolute Gasteiger partial charge is 0.480 e. The minimum Gasteiger partial charge on any atom is -0.480 e. The number of aliphatic carboxylic acids is 1. The van der Waals surface area contributed by atoms with E-state index in [-0.39, 0.29) is 6.42 Å². The average Bonchev–Trinajstić information content (AvgIpc) is 1.87. The zero-order valence-electron chi connectivity index (χ0n) is 5.33. The molecular formula is C5H10FNO3. The van der Waals surface area contributed by atoms with E-state index in [1.54, 1.807) is 0 Å². The molecule has 60 valence electrons. The Balaban J connectivity index is 3.56. The zero-order chi connectivity index (χ0) is 8.15. The molecule has 0 aliphatic rings. The number of hydrogen-bond donors (Lipinski definition) is 3. The highest BCUT2D eigenvalue weighted by molar-refractivity contribution is 5.73. The van der Waals surface area contributed by atoms with E-state index in [9.17, 15) is 9.18 Å². The molecule has 0 saturated carbocycles. The molecule has 4 N–H and O–H groups in total. The van der Waals surface area contributed by atoms with Crippen molar-refractivity contribution in [2.75, 3.05) is 6.61 Å². The summed E-state index contributed by atoms with van der Waals surface area (Å²) in [6.45, 7) is -0.680. The lowest BCUT2D eigenvalue weighted by atomic mass is 10.1. The number of rotatable bonds is 4. The molecule has 0 aromatic heterocycles. The smallest absolute Gasteiger partial charge is 0.320 e. The van der Waals surface area contributed by atoms with Crippen molar-refractivity contribution >= 4 is 5.97 Å². The lowest BCUT2D eigenvalue weighted by Crippen LogP contribution is -2.33. The summed E-state index contributed by atoms with van der Waals surface area (Å²) in [6, 6.07) is -1.22. The van der Waals surface area contributed by atoms with Crippen LogP contribution in [-0.2, 0) is 4.79 Å². The van der Waals surface area contributed by atoms with Gasteiger partial charge in [0.05, 0.1) is 6.61 Å². The number of nitrogens with two attached hydrogens (primary N) is 1. The van der Waals surface area contributed by atoms with Crippen LogP contribution in [0.25, 0.3) is 0 Å². The van der Waals surface area contributed by atoms with Gasteiger partial charge in [-0.15, -0.1) is 0 Å². The third-order valence-corrected chi connectivity index (χ3v) is 1.02. The van der Waals surface area contributed by atoms with E-state index in [4.69, 9.17) is 15.9 Å². The van der Waals surface area contributed by atoms with Crippen molar-refractivity contribution < 1.29 is 19.4 Å². The molecule has 0 radical (unpaired) electrons. The molecule has 0 spiro atoms. The van der Waals surface area contributed by atoms with Gasteiger partial charge in [-0.2, -0.15) is 0 Å². The van der Waals surface area contributed by atoms with E-state index in [1.165, 1.54) is 0 Å². The first kappa shape index (κ1) is 9.32.